The number of carbonyl (C=O) groups is 2. The molecular formula is C15H17N3O4S. The lowest BCUT2D eigenvalue weighted by atomic mass is 9.98. The highest BCUT2D eigenvalue weighted by atomic mass is 32.1. The van der Waals surface area contributed by atoms with E-state index in [2.05, 4.69) is 10.2 Å². The van der Waals surface area contributed by atoms with E-state index in [9.17, 15) is 9.59 Å². The normalized spacial score (nSPS) is 18.0. The predicted molar refractivity (Wildman–Crippen MR) is 82.8 cm³/mol. The quantitative estimate of drug-likeness (QED) is 0.630. The molecule has 0 radical (unpaired) electrons. The van der Waals surface area contributed by atoms with Crippen molar-refractivity contribution in [3.63, 3.8) is 0 Å². The molecule has 1 atom stereocenters. The molecule has 122 valence electrons. The number of carbonyl (C=O) groups excluding carboxylic acids is 2. The zero-order valence-electron chi connectivity index (χ0n) is 12.7. The van der Waals surface area contributed by atoms with Crippen LogP contribution in [0.3, 0.4) is 0 Å². The Morgan fingerprint density at radius 2 is 2.35 bits per heavy atom. The molecule has 8 heteroatoms. The van der Waals surface area contributed by atoms with Gasteiger partial charge in [0.1, 0.15) is 0 Å². The number of ether oxygens (including phenoxy) is 1. The smallest absolute Gasteiger partial charge is 0.397 e. The van der Waals surface area contributed by atoms with Crippen LogP contribution in [-0.4, -0.2) is 46.7 Å². The third-order valence-corrected chi connectivity index (χ3v) is 4.54. The fraction of sp³-hybridized carbons (Fsp3) is 0.467. The predicted octanol–water partition coefficient (Wildman–Crippen LogP) is 2.07. The highest BCUT2D eigenvalue weighted by molar-refractivity contribution is 7.13. The van der Waals surface area contributed by atoms with Crippen LogP contribution in [0.15, 0.2) is 21.9 Å². The van der Waals surface area contributed by atoms with Crippen molar-refractivity contribution < 1.29 is 18.7 Å². The monoisotopic (exact) mass is 335 g/mol. The van der Waals surface area contributed by atoms with Gasteiger partial charge in [-0.05, 0) is 31.2 Å². The summed E-state index contributed by atoms with van der Waals surface area (Å²) in [4.78, 5) is 26.0. The van der Waals surface area contributed by atoms with Crippen molar-refractivity contribution in [1.29, 1.82) is 0 Å². The Balaban J connectivity index is 1.69. The van der Waals surface area contributed by atoms with Crippen LogP contribution >= 0.6 is 11.3 Å². The summed E-state index contributed by atoms with van der Waals surface area (Å²) in [6.45, 7) is 2.80. The van der Waals surface area contributed by atoms with Gasteiger partial charge in [-0.15, -0.1) is 21.5 Å². The van der Waals surface area contributed by atoms with Crippen molar-refractivity contribution >= 4 is 23.2 Å². The highest BCUT2D eigenvalue weighted by Gasteiger charge is 2.31. The molecule has 0 N–H and O–H groups in total. The average molecular weight is 335 g/mol. The number of hydrogen-bond donors (Lipinski definition) is 0. The first-order chi connectivity index (χ1) is 11.2. The van der Waals surface area contributed by atoms with Crippen molar-refractivity contribution in [2.75, 3.05) is 19.7 Å². The Kier molecular flexibility index (Phi) is 4.71. The molecule has 2 aromatic rings. The number of rotatable bonds is 3. The molecule has 0 bridgehead atoms. The molecule has 1 saturated heterocycles. The molecule has 1 aliphatic rings. The van der Waals surface area contributed by atoms with Crippen LogP contribution < -0.4 is 0 Å². The molecule has 1 fully saturated rings. The van der Waals surface area contributed by atoms with Crippen molar-refractivity contribution in [1.82, 2.24) is 15.1 Å². The molecule has 23 heavy (non-hydrogen) atoms. The Hall–Kier alpha value is -2.22. The summed E-state index contributed by atoms with van der Waals surface area (Å²) >= 11 is 1.53. The number of nitrogens with zero attached hydrogens (tertiary/aromatic N) is 3. The summed E-state index contributed by atoms with van der Waals surface area (Å²) < 4.78 is 10.5. The lowest BCUT2D eigenvalue weighted by Crippen LogP contribution is -2.43. The standard InChI is InChI=1S/C15H17N3O4S/c1-2-21-15(20)14(19)18-7-3-5-10(9-18)12-16-17-13(22-12)11-6-4-8-23-11/h4,6,8,10H,2-3,5,7,9H2,1H3. The maximum Gasteiger partial charge on any atom is 0.397 e. The third kappa shape index (κ3) is 3.42. The summed E-state index contributed by atoms with van der Waals surface area (Å²) in [5.74, 6) is -0.463. The molecule has 1 unspecified atom stereocenters. The van der Waals surface area contributed by atoms with Crippen LogP contribution in [0.5, 0.6) is 0 Å². The third-order valence-electron chi connectivity index (χ3n) is 3.68. The first kappa shape index (κ1) is 15.7. The van der Waals surface area contributed by atoms with Crippen LogP contribution in [-0.2, 0) is 14.3 Å². The van der Waals surface area contributed by atoms with E-state index in [1.165, 1.54) is 16.2 Å². The maximum atomic E-state index is 12.0. The van der Waals surface area contributed by atoms with E-state index in [0.29, 0.717) is 24.9 Å². The molecule has 0 spiro atoms. The van der Waals surface area contributed by atoms with Gasteiger partial charge < -0.3 is 14.1 Å². The number of hydrogen-bond acceptors (Lipinski definition) is 7. The van der Waals surface area contributed by atoms with Gasteiger partial charge in [-0.25, -0.2) is 4.79 Å². The van der Waals surface area contributed by atoms with Crippen molar-refractivity contribution in [2.24, 2.45) is 0 Å². The van der Waals surface area contributed by atoms with E-state index in [4.69, 9.17) is 9.15 Å². The summed E-state index contributed by atoms with van der Waals surface area (Å²) in [6, 6.07) is 3.84. The van der Waals surface area contributed by atoms with E-state index in [1.807, 2.05) is 17.5 Å². The second-order valence-electron chi connectivity index (χ2n) is 5.23. The summed E-state index contributed by atoms with van der Waals surface area (Å²) in [7, 11) is 0. The maximum absolute atomic E-state index is 12.0. The van der Waals surface area contributed by atoms with Gasteiger partial charge in [-0.1, -0.05) is 6.07 Å². The Bertz CT molecular complexity index is 683. The zero-order valence-corrected chi connectivity index (χ0v) is 13.5. The van der Waals surface area contributed by atoms with Crippen LogP contribution in [0.2, 0.25) is 0 Å². The summed E-state index contributed by atoms with van der Waals surface area (Å²) in [6.07, 6.45) is 1.63. The van der Waals surface area contributed by atoms with Gasteiger partial charge in [0, 0.05) is 13.1 Å². The fourth-order valence-corrected chi connectivity index (χ4v) is 3.23. The van der Waals surface area contributed by atoms with Crippen LogP contribution in [0.4, 0.5) is 0 Å². The second kappa shape index (κ2) is 6.91. The molecule has 0 saturated carbocycles. The molecule has 0 aromatic carbocycles. The number of aromatic nitrogens is 2. The van der Waals surface area contributed by atoms with Crippen molar-refractivity contribution in [3.8, 4) is 10.8 Å². The molecule has 3 heterocycles. The molecule has 1 amide bonds. The molecule has 3 rings (SSSR count). The minimum absolute atomic E-state index is 0.0525. The summed E-state index contributed by atoms with van der Waals surface area (Å²) in [5, 5.41) is 10.1. The van der Waals surface area contributed by atoms with Gasteiger partial charge in [-0.3, -0.25) is 4.79 Å². The van der Waals surface area contributed by atoms with E-state index in [0.717, 1.165) is 17.7 Å². The lowest BCUT2D eigenvalue weighted by molar-refractivity contribution is -0.160. The molecular weight excluding hydrogens is 318 g/mol. The minimum Gasteiger partial charge on any atom is -0.459 e. The highest BCUT2D eigenvalue weighted by Crippen LogP contribution is 2.30. The Labute approximate surface area is 137 Å². The van der Waals surface area contributed by atoms with E-state index in [-0.39, 0.29) is 12.5 Å². The molecule has 1 aliphatic heterocycles. The number of thiophene rings is 1. The number of likely N-dealkylation sites (tertiary alicyclic amines) is 1. The van der Waals surface area contributed by atoms with Crippen LogP contribution in [0, 0.1) is 0 Å². The van der Waals surface area contributed by atoms with Crippen LogP contribution in [0.1, 0.15) is 31.6 Å². The second-order valence-corrected chi connectivity index (χ2v) is 6.18. The van der Waals surface area contributed by atoms with Gasteiger partial charge in [0.2, 0.25) is 5.89 Å². The summed E-state index contributed by atoms with van der Waals surface area (Å²) in [5.41, 5.74) is 0. The molecule has 2 aromatic heterocycles. The number of esters is 1. The first-order valence-corrected chi connectivity index (χ1v) is 8.40. The van der Waals surface area contributed by atoms with Gasteiger partial charge in [0.15, 0.2) is 0 Å². The van der Waals surface area contributed by atoms with Crippen LogP contribution in [0.25, 0.3) is 10.8 Å². The van der Waals surface area contributed by atoms with Crippen molar-refractivity contribution in [2.45, 2.75) is 25.7 Å². The van der Waals surface area contributed by atoms with E-state index < -0.39 is 11.9 Å². The fourth-order valence-electron chi connectivity index (χ4n) is 2.58. The molecule has 0 aliphatic carbocycles. The van der Waals surface area contributed by atoms with Gasteiger partial charge in [0.25, 0.3) is 5.89 Å². The van der Waals surface area contributed by atoms with E-state index >= 15 is 0 Å². The van der Waals surface area contributed by atoms with Crippen molar-refractivity contribution in [3.05, 3.63) is 23.4 Å². The Morgan fingerprint density at radius 1 is 1.48 bits per heavy atom. The topological polar surface area (TPSA) is 85.5 Å². The Morgan fingerprint density at radius 3 is 3.09 bits per heavy atom. The number of piperidine rings is 1. The minimum atomic E-state index is -0.807. The van der Waals surface area contributed by atoms with E-state index in [1.54, 1.807) is 6.92 Å². The zero-order chi connectivity index (χ0) is 16.2. The SMILES string of the molecule is CCOC(=O)C(=O)N1CCCC(c2nnc(-c3cccs3)o2)C1. The first-order valence-electron chi connectivity index (χ1n) is 7.52. The van der Waals surface area contributed by atoms with Gasteiger partial charge in [0.05, 0.1) is 17.4 Å². The lowest BCUT2D eigenvalue weighted by Gasteiger charge is -2.30. The largest absolute Gasteiger partial charge is 0.459 e. The van der Waals surface area contributed by atoms with Gasteiger partial charge >= 0.3 is 11.9 Å². The average Bonchev–Trinajstić information content (AvgIpc) is 3.25. The number of amides is 1. The van der Waals surface area contributed by atoms with Gasteiger partial charge in [-0.2, -0.15) is 0 Å². The molecule has 7 nitrogen and oxygen atoms in total.